The molecule has 7 nitrogen and oxygen atoms in total. The third-order valence-electron chi connectivity index (χ3n) is 5.56. The van der Waals surface area contributed by atoms with E-state index in [2.05, 4.69) is 9.97 Å². The summed E-state index contributed by atoms with van der Waals surface area (Å²) >= 11 is 0. The number of para-hydroxylation sites is 1. The Bertz CT molecular complexity index is 1780. The number of rotatable bonds is 1. The predicted molar refractivity (Wildman–Crippen MR) is 117 cm³/mol. The summed E-state index contributed by atoms with van der Waals surface area (Å²) in [6, 6.07) is 11.1. The molecule has 30 heavy (non-hydrogen) atoms. The van der Waals surface area contributed by atoms with Crippen LogP contribution in [0.2, 0.25) is 0 Å². The first-order valence-electron chi connectivity index (χ1n) is 9.19. The van der Waals surface area contributed by atoms with Crippen molar-refractivity contribution in [1.82, 2.24) is 9.97 Å². The third-order valence-corrected chi connectivity index (χ3v) is 6.46. The van der Waals surface area contributed by atoms with Gasteiger partial charge < -0.3 is 9.97 Å². The first-order chi connectivity index (χ1) is 14.2. The Morgan fingerprint density at radius 3 is 2.03 bits per heavy atom. The minimum absolute atomic E-state index is 0.00101. The molecule has 0 aliphatic carbocycles. The number of benzene rings is 3. The van der Waals surface area contributed by atoms with Gasteiger partial charge in [-0.1, -0.05) is 18.2 Å². The van der Waals surface area contributed by atoms with E-state index in [-0.39, 0.29) is 16.3 Å². The number of hydrogen-bond acceptors (Lipinski definition) is 4. The molecule has 2 aromatic heterocycles. The van der Waals surface area contributed by atoms with E-state index in [0.29, 0.717) is 27.2 Å². The Morgan fingerprint density at radius 2 is 1.37 bits per heavy atom. The predicted octanol–water partition coefficient (Wildman–Crippen LogP) is 3.54. The number of hydrogen-bond donors (Lipinski definition) is 3. The summed E-state index contributed by atoms with van der Waals surface area (Å²) in [6.45, 7) is 3.76. The molecule has 0 amide bonds. The van der Waals surface area contributed by atoms with Gasteiger partial charge in [0.05, 0.1) is 22.1 Å². The van der Waals surface area contributed by atoms with E-state index in [4.69, 9.17) is 0 Å². The Hall–Kier alpha value is -3.49. The van der Waals surface area contributed by atoms with Crippen molar-refractivity contribution in [2.45, 2.75) is 18.7 Å². The lowest BCUT2D eigenvalue weighted by Crippen LogP contribution is -2.11. The molecule has 0 aliphatic heterocycles. The van der Waals surface area contributed by atoms with Gasteiger partial charge in [0.25, 0.3) is 10.1 Å². The zero-order chi connectivity index (χ0) is 21.4. The van der Waals surface area contributed by atoms with Crippen molar-refractivity contribution in [3.05, 3.63) is 74.0 Å². The van der Waals surface area contributed by atoms with Crippen molar-refractivity contribution in [3.8, 4) is 0 Å². The van der Waals surface area contributed by atoms with Crippen LogP contribution in [0.25, 0.3) is 43.6 Å². The van der Waals surface area contributed by atoms with Crippen LogP contribution >= 0.6 is 0 Å². The average molecular weight is 420 g/mol. The van der Waals surface area contributed by atoms with Crippen LogP contribution in [0.15, 0.2) is 56.9 Å². The fourth-order valence-electron chi connectivity index (χ4n) is 4.06. The highest BCUT2D eigenvalue weighted by Crippen LogP contribution is 2.26. The van der Waals surface area contributed by atoms with Gasteiger partial charge in [0.15, 0.2) is 10.9 Å². The summed E-state index contributed by atoms with van der Waals surface area (Å²) < 4.78 is 33.0. The molecule has 3 aromatic carbocycles. The molecule has 3 N–H and O–H groups in total. The van der Waals surface area contributed by atoms with Gasteiger partial charge >= 0.3 is 0 Å². The molecule has 150 valence electrons. The largest absolute Gasteiger partial charge is 0.354 e. The maximum absolute atomic E-state index is 13.2. The van der Waals surface area contributed by atoms with Crippen molar-refractivity contribution in [2.75, 3.05) is 0 Å². The summed E-state index contributed by atoms with van der Waals surface area (Å²) in [4.78, 5) is 32.1. The van der Waals surface area contributed by atoms with Crippen LogP contribution in [-0.2, 0) is 10.1 Å². The van der Waals surface area contributed by atoms with E-state index in [1.165, 1.54) is 18.2 Å². The molecule has 2 heterocycles. The first-order valence-corrected chi connectivity index (χ1v) is 10.6. The summed E-state index contributed by atoms with van der Waals surface area (Å²) in [6.07, 6.45) is 0. The molecular weight excluding hydrogens is 404 g/mol. The molecule has 0 radical (unpaired) electrons. The molecule has 0 atom stereocenters. The molecule has 0 saturated heterocycles. The molecular formula is C22H16N2O5S. The quantitative estimate of drug-likeness (QED) is 0.283. The van der Waals surface area contributed by atoms with Crippen LogP contribution in [0, 0.1) is 13.8 Å². The monoisotopic (exact) mass is 420 g/mol. The number of pyridine rings is 2. The minimum Gasteiger partial charge on any atom is -0.354 e. The average Bonchev–Trinajstić information content (AvgIpc) is 2.69. The summed E-state index contributed by atoms with van der Waals surface area (Å²) in [7, 11) is -4.54. The van der Waals surface area contributed by atoms with Gasteiger partial charge in [-0.05, 0) is 49.2 Å². The highest BCUT2D eigenvalue weighted by atomic mass is 32.2. The van der Waals surface area contributed by atoms with Crippen LogP contribution < -0.4 is 10.9 Å². The highest BCUT2D eigenvalue weighted by molar-refractivity contribution is 7.86. The van der Waals surface area contributed by atoms with Gasteiger partial charge in [-0.15, -0.1) is 0 Å². The number of aromatic amines is 2. The highest BCUT2D eigenvalue weighted by Gasteiger charge is 2.18. The van der Waals surface area contributed by atoms with Gasteiger partial charge in [-0.25, -0.2) is 0 Å². The molecule has 0 unspecified atom stereocenters. The smallest absolute Gasteiger partial charge is 0.296 e. The van der Waals surface area contributed by atoms with Crippen molar-refractivity contribution < 1.29 is 13.0 Å². The lowest BCUT2D eigenvalue weighted by molar-refractivity contribution is 0.484. The SMILES string of the molecule is Cc1ccc(C)c2c(=O)c3cc4[nH]c5c(S(=O)(=O)O)cccc5c(=O)c4cc3[nH]c12. The Kier molecular flexibility index (Phi) is 3.71. The molecule has 5 rings (SSSR count). The van der Waals surface area contributed by atoms with E-state index in [1.54, 1.807) is 12.1 Å². The van der Waals surface area contributed by atoms with E-state index in [0.717, 1.165) is 16.6 Å². The summed E-state index contributed by atoms with van der Waals surface area (Å²) in [5, 5.41) is 1.39. The van der Waals surface area contributed by atoms with Crippen LogP contribution in [0.1, 0.15) is 11.1 Å². The van der Waals surface area contributed by atoms with Crippen molar-refractivity contribution in [1.29, 1.82) is 0 Å². The molecule has 0 saturated carbocycles. The Balaban J connectivity index is 2.02. The fraction of sp³-hybridized carbons (Fsp3) is 0.0909. The van der Waals surface area contributed by atoms with E-state index in [9.17, 15) is 22.6 Å². The second kappa shape index (κ2) is 6.01. The number of fused-ring (bicyclic) bond motifs is 4. The second-order valence-corrected chi connectivity index (χ2v) is 8.84. The van der Waals surface area contributed by atoms with E-state index in [1.807, 2.05) is 26.0 Å². The second-order valence-electron chi connectivity index (χ2n) is 7.45. The maximum atomic E-state index is 13.2. The molecule has 0 spiro atoms. The maximum Gasteiger partial charge on any atom is 0.296 e. The summed E-state index contributed by atoms with van der Waals surface area (Å²) in [5.74, 6) is 0. The van der Waals surface area contributed by atoms with Crippen LogP contribution in [0.5, 0.6) is 0 Å². The lowest BCUT2D eigenvalue weighted by Gasteiger charge is -2.10. The Labute approximate surface area is 169 Å². The Morgan fingerprint density at radius 1 is 0.767 bits per heavy atom. The van der Waals surface area contributed by atoms with Gasteiger partial charge in [0.2, 0.25) is 0 Å². The van der Waals surface area contributed by atoms with Crippen LogP contribution in [-0.4, -0.2) is 22.9 Å². The number of H-pyrrole nitrogens is 2. The van der Waals surface area contributed by atoms with E-state index < -0.39 is 20.4 Å². The van der Waals surface area contributed by atoms with Crippen molar-refractivity contribution in [3.63, 3.8) is 0 Å². The van der Waals surface area contributed by atoms with Gasteiger partial charge in [-0.2, -0.15) is 8.42 Å². The third kappa shape index (κ3) is 2.51. The number of aromatic nitrogens is 2. The van der Waals surface area contributed by atoms with Gasteiger partial charge in [-0.3, -0.25) is 14.1 Å². The molecule has 0 bridgehead atoms. The molecule has 0 fully saturated rings. The van der Waals surface area contributed by atoms with Crippen molar-refractivity contribution in [2.24, 2.45) is 0 Å². The molecule has 5 aromatic rings. The summed E-state index contributed by atoms with van der Waals surface area (Å²) in [5.41, 5.74) is 2.73. The van der Waals surface area contributed by atoms with Crippen molar-refractivity contribution >= 4 is 53.7 Å². The number of aryl methyl sites for hydroxylation is 2. The number of nitrogens with one attached hydrogen (secondary N) is 2. The zero-order valence-electron chi connectivity index (χ0n) is 16.0. The van der Waals surface area contributed by atoms with Gasteiger partial charge in [0, 0.05) is 21.5 Å². The molecule has 0 aliphatic rings. The minimum atomic E-state index is -4.54. The zero-order valence-corrected chi connectivity index (χ0v) is 16.8. The lowest BCUT2D eigenvalue weighted by atomic mass is 10.0. The normalized spacial score (nSPS) is 12.4. The standard InChI is InChI=1S/C22H16N2O5S/c1-10-6-7-11(2)19-18(10)22(26)14-9-15-13(8-16(14)23-19)21(25)12-4-3-5-17(20(12)24-15)30(27,28)29/h3-9H,1-2H3,(H,23,26)(H,24,25)(H,27,28,29). The van der Waals surface area contributed by atoms with Gasteiger partial charge in [0.1, 0.15) is 4.90 Å². The topological polar surface area (TPSA) is 120 Å². The van der Waals surface area contributed by atoms with E-state index >= 15 is 0 Å². The first kappa shape index (κ1) is 18.5. The molecule has 8 heteroatoms. The fourth-order valence-corrected chi connectivity index (χ4v) is 4.73. The van der Waals surface area contributed by atoms with Crippen LogP contribution in [0.3, 0.4) is 0 Å². The van der Waals surface area contributed by atoms with Crippen LogP contribution in [0.4, 0.5) is 0 Å².